The van der Waals surface area contributed by atoms with Crippen molar-refractivity contribution in [3.8, 4) is 0 Å². The number of hydrogen-bond acceptors (Lipinski definition) is 4. The van der Waals surface area contributed by atoms with Crippen LogP contribution >= 0.6 is 0 Å². The van der Waals surface area contributed by atoms with E-state index in [-0.39, 0.29) is 23.8 Å². The van der Waals surface area contributed by atoms with Gasteiger partial charge >= 0.3 is 0 Å². The van der Waals surface area contributed by atoms with Crippen molar-refractivity contribution in [2.75, 3.05) is 26.3 Å². The molecular formula is C20H32N2O4S. The van der Waals surface area contributed by atoms with Crippen LogP contribution < -0.4 is 10.0 Å². The van der Waals surface area contributed by atoms with Crippen LogP contribution in [0.3, 0.4) is 0 Å². The van der Waals surface area contributed by atoms with Gasteiger partial charge in [-0.25, -0.2) is 13.1 Å². The summed E-state index contributed by atoms with van der Waals surface area (Å²) in [4.78, 5) is 12.1. The van der Waals surface area contributed by atoms with Gasteiger partial charge in [-0.3, -0.25) is 4.79 Å². The average Bonchev–Trinajstić information content (AvgIpc) is 2.63. The molecule has 1 aromatic carbocycles. The quantitative estimate of drug-likeness (QED) is 0.563. The zero-order valence-electron chi connectivity index (χ0n) is 16.4. The van der Waals surface area contributed by atoms with Crippen molar-refractivity contribution in [1.29, 1.82) is 0 Å². The van der Waals surface area contributed by atoms with E-state index in [1.807, 2.05) is 6.07 Å². The highest BCUT2D eigenvalue weighted by Gasteiger charge is 2.17. The van der Waals surface area contributed by atoms with Gasteiger partial charge < -0.3 is 10.1 Å². The molecule has 2 N–H and O–H groups in total. The van der Waals surface area contributed by atoms with E-state index in [9.17, 15) is 13.2 Å². The lowest BCUT2D eigenvalue weighted by Crippen LogP contribution is -2.31. The molecule has 0 fully saturated rings. The summed E-state index contributed by atoms with van der Waals surface area (Å²) >= 11 is 0. The summed E-state index contributed by atoms with van der Waals surface area (Å²) < 4.78 is 32.8. The minimum absolute atomic E-state index is 0.0924. The second-order valence-corrected chi connectivity index (χ2v) is 9.22. The molecule has 0 saturated carbocycles. The van der Waals surface area contributed by atoms with Gasteiger partial charge in [-0.1, -0.05) is 19.9 Å². The fourth-order valence-corrected chi connectivity index (χ4v) is 4.15. The van der Waals surface area contributed by atoms with Gasteiger partial charge in [0, 0.05) is 32.7 Å². The topological polar surface area (TPSA) is 84.5 Å². The van der Waals surface area contributed by atoms with Gasteiger partial charge in [0.25, 0.3) is 0 Å². The molecule has 0 radical (unpaired) electrons. The Morgan fingerprint density at radius 1 is 1.15 bits per heavy atom. The van der Waals surface area contributed by atoms with Gasteiger partial charge in [0.15, 0.2) is 0 Å². The van der Waals surface area contributed by atoms with E-state index in [2.05, 4.69) is 23.9 Å². The lowest BCUT2D eigenvalue weighted by molar-refractivity contribution is -0.120. The highest BCUT2D eigenvalue weighted by atomic mass is 32.2. The standard InChI is InChI=1S/C20H32N2O4S/c1-16(2)15-26-13-5-11-21-20(23)10-12-22-27(24,25)19-9-8-17-6-3-4-7-18(17)14-19/h8-9,14,16,22H,3-7,10-13,15H2,1-2H3,(H,21,23). The van der Waals surface area contributed by atoms with Crippen LogP contribution in [0, 0.1) is 5.92 Å². The fraction of sp³-hybridized carbons (Fsp3) is 0.650. The monoisotopic (exact) mass is 396 g/mol. The van der Waals surface area contributed by atoms with Crippen LogP contribution in [0.1, 0.15) is 50.7 Å². The molecule has 0 spiro atoms. The summed E-state index contributed by atoms with van der Waals surface area (Å²) in [7, 11) is -3.58. The third-order valence-electron chi connectivity index (χ3n) is 4.51. The van der Waals surface area contributed by atoms with Gasteiger partial charge in [0.05, 0.1) is 4.90 Å². The number of rotatable bonds is 11. The molecule has 0 unspecified atom stereocenters. The Balaban J connectivity index is 1.68. The van der Waals surface area contributed by atoms with Gasteiger partial charge in [0.2, 0.25) is 15.9 Å². The Morgan fingerprint density at radius 3 is 2.63 bits per heavy atom. The van der Waals surface area contributed by atoms with E-state index in [0.29, 0.717) is 19.1 Å². The van der Waals surface area contributed by atoms with Crippen LogP contribution in [-0.4, -0.2) is 40.6 Å². The van der Waals surface area contributed by atoms with Crippen LogP contribution in [0.4, 0.5) is 0 Å². The zero-order chi connectivity index (χ0) is 19.7. The molecule has 1 amide bonds. The summed E-state index contributed by atoms with van der Waals surface area (Å²) in [5, 5.41) is 2.78. The van der Waals surface area contributed by atoms with Crippen molar-refractivity contribution in [3.05, 3.63) is 29.3 Å². The molecule has 152 valence electrons. The predicted octanol–water partition coefficient (Wildman–Crippen LogP) is 2.41. The molecule has 0 saturated heterocycles. The van der Waals surface area contributed by atoms with E-state index in [1.54, 1.807) is 12.1 Å². The van der Waals surface area contributed by atoms with E-state index < -0.39 is 10.0 Å². The normalized spacial score (nSPS) is 14.2. The van der Waals surface area contributed by atoms with Crippen LogP contribution in [0.15, 0.2) is 23.1 Å². The molecule has 7 heteroatoms. The third kappa shape index (κ3) is 7.60. The highest BCUT2D eigenvalue weighted by Crippen LogP contribution is 2.23. The Morgan fingerprint density at radius 2 is 1.89 bits per heavy atom. The number of sulfonamides is 1. The Kier molecular flexibility index (Phi) is 8.73. The summed E-state index contributed by atoms with van der Waals surface area (Å²) in [6.07, 6.45) is 5.09. The molecule has 1 aliphatic rings. The molecule has 1 aromatic rings. The predicted molar refractivity (Wildman–Crippen MR) is 106 cm³/mol. The number of carbonyl (C=O) groups is 1. The number of nitrogens with one attached hydrogen (secondary N) is 2. The first kappa shape index (κ1) is 21.9. The fourth-order valence-electron chi connectivity index (χ4n) is 3.07. The molecule has 0 bridgehead atoms. The molecule has 0 aliphatic heterocycles. The number of aryl methyl sites for hydroxylation is 2. The van der Waals surface area contributed by atoms with Crippen LogP contribution in [0.5, 0.6) is 0 Å². The van der Waals surface area contributed by atoms with Crippen molar-refractivity contribution in [3.63, 3.8) is 0 Å². The summed E-state index contributed by atoms with van der Waals surface area (Å²) in [5.41, 5.74) is 2.37. The highest BCUT2D eigenvalue weighted by molar-refractivity contribution is 7.89. The number of carbonyl (C=O) groups excluding carboxylic acids is 1. The molecule has 27 heavy (non-hydrogen) atoms. The maximum atomic E-state index is 12.4. The molecule has 0 heterocycles. The Hall–Kier alpha value is -1.44. The van der Waals surface area contributed by atoms with Gasteiger partial charge in [-0.05, 0) is 61.3 Å². The summed E-state index contributed by atoms with van der Waals surface area (Å²) in [5.74, 6) is 0.342. The van der Waals surface area contributed by atoms with Crippen molar-refractivity contribution in [1.82, 2.24) is 10.0 Å². The van der Waals surface area contributed by atoms with Crippen LogP contribution in [-0.2, 0) is 32.4 Å². The molecule has 2 rings (SSSR count). The minimum atomic E-state index is -3.58. The van der Waals surface area contributed by atoms with E-state index in [0.717, 1.165) is 44.3 Å². The molecule has 0 atom stereocenters. The first-order valence-electron chi connectivity index (χ1n) is 9.84. The van der Waals surface area contributed by atoms with Gasteiger partial charge in [0.1, 0.15) is 0 Å². The lowest BCUT2D eigenvalue weighted by Gasteiger charge is -2.16. The smallest absolute Gasteiger partial charge is 0.240 e. The zero-order valence-corrected chi connectivity index (χ0v) is 17.2. The summed E-state index contributed by atoms with van der Waals surface area (Å²) in [6, 6.07) is 5.34. The number of amides is 1. The van der Waals surface area contributed by atoms with Crippen molar-refractivity contribution in [2.45, 2.75) is 57.3 Å². The van der Waals surface area contributed by atoms with E-state index in [1.165, 1.54) is 5.56 Å². The maximum absolute atomic E-state index is 12.4. The SMILES string of the molecule is CC(C)COCCCNC(=O)CCNS(=O)(=O)c1ccc2c(c1)CCCC2. The maximum Gasteiger partial charge on any atom is 0.240 e. The lowest BCUT2D eigenvalue weighted by atomic mass is 9.92. The molecular weight excluding hydrogens is 364 g/mol. The average molecular weight is 397 g/mol. The number of ether oxygens (including phenoxy) is 1. The van der Waals surface area contributed by atoms with E-state index >= 15 is 0 Å². The van der Waals surface area contributed by atoms with Crippen molar-refractivity contribution < 1.29 is 17.9 Å². The Labute approximate surface area is 163 Å². The first-order valence-corrected chi connectivity index (χ1v) is 11.3. The number of fused-ring (bicyclic) bond motifs is 1. The van der Waals surface area contributed by atoms with Crippen molar-refractivity contribution in [2.24, 2.45) is 5.92 Å². The second-order valence-electron chi connectivity index (χ2n) is 7.46. The third-order valence-corrected chi connectivity index (χ3v) is 5.97. The van der Waals surface area contributed by atoms with E-state index in [4.69, 9.17) is 4.74 Å². The van der Waals surface area contributed by atoms with Crippen molar-refractivity contribution >= 4 is 15.9 Å². The molecule has 0 aromatic heterocycles. The second kappa shape index (κ2) is 10.8. The minimum Gasteiger partial charge on any atom is -0.381 e. The van der Waals surface area contributed by atoms with Gasteiger partial charge in [-0.2, -0.15) is 0 Å². The largest absolute Gasteiger partial charge is 0.381 e. The molecule has 1 aliphatic carbocycles. The number of hydrogen-bond donors (Lipinski definition) is 2. The Bertz CT molecular complexity index is 717. The van der Waals surface area contributed by atoms with Crippen LogP contribution in [0.2, 0.25) is 0 Å². The molecule has 6 nitrogen and oxygen atoms in total. The summed E-state index contributed by atoms with van der Waals surface area (Å²) in [6.45, 7) is 6.14. The first-order chi connectivity index (χ1) is 12.9. The van der Waals surface area contributed by atoms with Crippen LogP contribution in [0.25, 0.3) is 0 Å². The van der Waals surface area contributed by atoms with Gasteiger partial charge in [-0.15, -0.1) is 0 Å². The number of benzene rings is 1.